The first-order valence-corrected chi connectivity index (χ1v) is 6.95. The van der Waals surface area contributed by atoms with E-state index < -0.39 is 5.97 Å². The predicted octanol–water partition coefficient (Wildman–Crippen LogP) is 3.11. The highest BCUT2D eigenvalue weighted by Gasteiger charge is 2.18. The summed E-state index contributed by atoms with van der Waals surface area (Å²) in [6.07, 6.45) is 5.15. The molecule has 0 spiro atoms. The summed E-state index contributed by atoms with van der Waals surface area (Å²) in [6, 6.07) is 3.92. The molecule has 0 aromatic carbocycles. The van der Waals surface area contributed by atoms with Crippen LogP contribution < -0.4 is 4.90 Å². The van der Waals surface area contributed by atoms with E-state index in [2.05, 4.69) is 16.8 Å². The average Bonchev–Trinajstić information content (AvgIpc) is 2.38. The van der Waals surface area contributed by atoms with Crippen molar-refractivity contribution in [3.05, 3.63) is 23.9 Å². The van der Waals surface area contributed by atoms with E-state index >= 15 is 0 Å². The minimum atomic E-state index is -0.755. The summed E-state index contributed by atoms with van der Waals surface area (Å²) in [4.78, 5) is 17.5. The summed E-state index contributed by atoms with van der Waals surface area (Å²) in [5.74, 6) is -0.233. The molecule has 4 heteroatoms. The molecule has 1 aromatic rings. The summed E-state index contributed by atoms with van der Waals surface area (Å²) in [5, 5.41) is 9.07. The number of pyridine rings is 1. The molecule has 0 amide bonds. The zero-order chi connectivity index (χ0) is 14.3. The molecule has 0 aliphatic carbocycles. The van der Waals surface area contributed by atoms with E-state index in [-0.39, 0.29) is 5.92 Å². The van der Waals surface area contributed by atoms with Gasteiger partial charge in [0.15, 0.2) is 0 Å². The van der Waals surface area contributed by atoms with Gasteiger partial charge in [0.25, 0.3) is 0 Å². The molecular formula is C15H24N2O2. The lowest BCUT2D eigenvalue weighted by Crippen LogP contribution is -2.33. The highest BCUT2D eigenvalue weighted by molar-refractivity contribution is 5.70. The van der Waals surface area contributed by atoms with Crippen molar-refractivity contribution >= 4 is 11.8 Å². The molecule has 4 nitrogen and oxygen atoms in total. The number of aryl methyl sites for hydroxylation is 1. The third-order valence-electron chi connectivity index (χ3n) is 3.23. The van der Waals surface area contributed by atoms with Crippen LogP contribution >= 0.6 is 0 Å². The predicted molar refractivity (Wildman–Crippen MR) is 77.5 cm³/mol. The molecule has 1 aromatic heterocycles. The van der Waals surface area contributed by atoms with Crippen molar-refractivity contribution in [3.8, 4) is 0 Å². The van der Waals surface area contributed by atoms with Crippen LogP contribution in [0.25, 0.3) is 0 Å². The van der Waals surface area contributed by atoms with Gasteiger partial charge in [0.1, 0.15) is 5.82 Å². The van der Waals surface area contributed by atoms with Crippen LogP contribution in [0.5, 0.6) is 0 Å². The van der Waals surface area contributed by atoms with Crippen LogP contribution in [0.3, 0.4) is 0 Å². The summed E-state index contributed by atoms with van der Waals surface area (Å²) < 4.78 is 0. The van der Waals surface area contributed by atoms with Crippen LogP contribution in [0, 0.1) is 12.8 Å². The molecule has 0 aliphatic rings. The number of rotatable bonds is 8. The Balaban J connectivity index is 2.79. The van der Waals surface area contributed by atoms with Gasteiger partial charge in [-0.05, 0) is 25.0 Å². The molecule has 0 saturated heterocycles. The van der Waals surface area contributed by atoms with E-state index in [9.17, 15) is 4.79 Å². The first kappa shape index (κ1) is 15.5. The number of carbonyl (C=O) groups is 1. The first-order chi connectivity index (χ1) is 9.06. The summed E-state index contributed by atoms with van der Waals surface area (Å²) in [6.45, 7) is 7.30. The molecule has 1 rings (SSSR count). The van der Waals surface area contributed by atoms with E-state index in [1.807, 2.05) is 19.1 Å². The standard InChI is InChI=1S/C15H24N2O2/c1-4-5-6-10-17(11-13(3)15(18)19)14-12(2)8-7-9-16-14/h7-9,13H,4-6,10-11H2,1-3H3,(H,18,19). The highest BCUT2D eigenvalue weighted by Crippen LogP contribution is 2.18. The molecule has 1 N–H and O–H groups in total. The quantitative estimate of drug-likeness (QED) is 0.733. The Morgan fingerprint density at radius 1 is 1.47 bits per heavy atom. The lowest BCUT2D eigenvalue weighted by Gasteiger charge is -2.26. The fourth-order valence-electron chi connectivity index (χ4n) is 2.05. The van der Waals surface area contributed by atoms with Crippen LogP contribution in [0.1, 0.15) is 38.7 Å². The van der Waals surface area contributed by atoms with Crippen LogP contribution in [0.15, 0.2) is 18.3 Å². The number of anilines is 1. The molecule has 0 aliphatic heterocycles. The fraction of sp³-hybridized carbons (Fsp3) is 0.600. The van der Waals surface area contributed by atoms with Crippen molar-refractivity contribution < 1.29 is 9.90 Å². The number of aromatic nitrogens is 1. The molecule has 0 bridgehead atoms. The van der Waals surface area contributed by atoms with Crippen molar-refractivity contribution in [2.24, 2.45) is 5.92 Å². The van der Waals surface area contributed by atoms with Crippen LogP contribution in [-0.4, -0.2) is 29.1 Å². The van der Waals surface area contributed by atoms with Gasteiger partial charge in [-0.15, -0.1) is 0 Å². The van der Waals surface area contributed by atoms with Gasteiger partial charge in [0.05, 0.1) is 5.92 Å². The third kappa shape index (κ3) is 4.89. The fourth-order valence-corrected chi connectivity index (χ4v) is 2.05. The van der Waals surface area contributed by atoms with Gasteiger partial charge in [0, 0.05) is 19.3 Å². The largest absolute Gasteiger partial charge is 0.481 e. The summed E-state index contributed by atoms with van der Waals surface area (Å²) >= 11 is 0. The summed E-state index contributed by atoms with van der Waals surface area (Å²) in [7, 11) is 0. The van der Waals surface area contributed by atoms with E-state index in [0.29, 0.717) is 6.54 Å². The molecule has 1 atom stereocenters. The number of hydrogen-bond acceptors (Lipinski definition) is 3. The number of carboxylic acid groups (broad SMARTS) is 1. The zero-order valence-corrected chi connectivity index (χ0v) is 12.1. The number of nitrogens with zero attached hydrogens (tertiary/aromatic N) is 2. The molecule has 1 unspecified atom stereocenters. The van der Waals surface area contributed by atoms with E-state index in [4.69, 9.17) is 5.11 Å². The Labute approximate surface area is 115 Å². The van der Waals surface area contributed by atoms with Crippen LogP contribution in [0.4, 0.5) is 5.82 Å². The van der Waals surface area contributed by atoms with Crippen molar-refractivity contribution in [3.63, 3.8) is 0 Å². The van der Waals surface area contributed by atoms with Gasteiger partial charge in [-0.3, -0.25) is 4.79 Å². The second-order valence-corrected chi connectivity index (χ2v) is 5.04. The number of hydrogen-bond donors (Lipinski definition) is 1. The maximum Gasteiger partial charge on any atom is 0.308 e. The van der Waals surface area contributed by atoms with Gasteiger partial charge in [-0.25, -0.2) is 4.98 Å². The van der Waals surface area contributed by atoms with Gasteiger partial charge in [0.2, 0.25) is 0 Å². The monoisotopic (exact) mass is 264 g/mol. The van der Waals surface area contributed by atoms with Crippen LogP contribution in [0.2, 0.25) is 0 Å². The van der Waals surface area contributed by atoms with E-state index in [1.165, 1.54) is 0 Å². The maximum atomic E-state index is 11.0. The Morgan fingerprint density at radius 2 is 2.21 bits per heavy atom. The van der Waals surface area contributed by atoms with Gasteiger partial charge in [-0.2, -0.15) is 0 Å². The van der Waals surface area contributed by atoms with Gasteiger partial charge < -0.3 is 10.0 Å². The zero-order valence-electron chi connectivity index (χ0n) is 12.1. The number of aliphatic carboxylic acids is 1. The normalized spacial score (nSPS) is 12.2. The van der Waals surface area contributed by atoms with E-state index in [1.54, 1.807) is 13.1 Å². The second kappa shape index (κ2) is 7.77. The Kier molecular flexibility index (Phi) is 6.33. The topological polar surface area (TPSA) is 53.4 Å². The first-order valence-electron chi connectivity index (χ1n) is 6.95. The highest BCUT2D eigenvalue weighted by atomic mass is 16.4. The van der Waals surface area contributed by atoms with Gasteiger partial charge in [-0.1, -0.05) is 32.8 Å². The lowest BCUT2D eigenvalue weighted by molar-refractivity contribution is -0.140. The van der Waals surface area contributed by atoms with Crippen molar-refractivity contribution in [1.29, 1.82) is 0 Å². The average molecular weight is 264 g/mol. The number of unbranched alkanes of at least 4 members (excludes halogenated alkanes) is 2. The SMILES string of the molecule is CCCCCN(CC(C)C(=O)O)c1ncccc1C. The van der Waals surface area contributed by atoms with E-state index in [0.717, 1.165) is 37.2 Å². The lowest BCUT2D eigenvalue weighted by atomic mass is 10.1. The molecular weight excluding hydrogens is 240 g/mol. The van der Waals surface area contributed by atoms with Crippen molar-refractivity contribution in [1.82, 2.24) is 4.98 Å². The Morgan fingerprint density at radius 3 is 2.79 bits per heavy atom. The Bertz CT molecular complexity index is 407. The number of carboxylic acids is 1. The molecule has 0 fully saturated rings. The molecule has 19 heavy (non-hydrogen) atoms. The Hall–Kier alpha value is -1.58. The minimum absolute atomic E-state index is 0.386. The third-order valence-corrected chi connectivity index (χ3v) is 3.23. The molecule has 1 heterocycles. The summed E-state index contributed by atoms with van der Waals surface area (Å²) in [5.41, 5.74) is 1.09. The smallest absolute Gasteiger partial charge is 0.308 e. The minimum Gasteiger partial charge on any atom is -0.481 e. The van der Waals surface area contributed by atoms with Gasteiger partial charge >= 0.3 is 5.97 Å². The van der Waals surface area contributed by atoms with Crippen molar-refractivity contribution in [2.75, 3.05) is 18.0 Å². The molecule has 0 radical (unpaired) electrons. The van der Waals surface area contributed by atoms with Crippen LogP contribution in [-0.2, 0) is 4.79 Å². The maximum absolute atomic E-state index is 11.0. The van der Waals surface area contributed by atoms with Crippen molar-refractivity contribution in [2.45, 2.75) is 40.0 Å². The molecule has 0 saturated carbocycles. The molecule has 106 valence electrons. The second-order valence-electron chi connectivity index (χ2n) is 5.04.